The third kappa shape index (κ3) is 4.80. The van der Waals surface area contributed by atoms with E-state index in [1.807, 2.05) is 31.2 Å². The van der Waals surface area contributed by atoms with Gasteiger partial charge in [0, 0.05) is 25.7 Å². The number of rotatable bonds is 8. The Morgan fingerprint density at radius 3 is 2.77 bits per heavy atom. The molecule has 3 aromatic rings. The number of nitrogens with one attached hydrogen (secondary N) is 1. The van der Waals surface area contributed by atoms with E-state index in [0.29, 0.717) is 29.6 Å². The molecule has 162 valence electrons. The van der Waals surface area contributed by atoms with Crippen LogP contribution in [0.3, 0.4) is 0 Å². The highest BCUT2D eigenvalue weighted by Gasteiger charge is 2.28. The highest BCUT2D eigenvalue weighted by atomic mass is 16.5. The van der Waals surface area contributed by atoms with Crippen molar-refractivity contribution in [2.75, 3.05) is 13.1 Å². The van der Waals surface area contributed by atoms with Crippen LogP contribution in [-0.2, 0) is 13.2 Å². The molecule has 0 bridgehead atoms. The van der Waals surface area contributed by atoms with Crippen molar-refractivity contribution in [1.29, 1.82) is 0 Å². The van der Waals surface area contributed by atoms with E-state index in [1.165, 1.54) is 5.56 Å². The van der Waals surface area contributed by atoms with Crippen LogP contribution in [0.5, 0.6) is 5.75 Å². The standard InChI is InChI=1S/C25H29N3O3/c1-17(2)28(15-19-8-5-4-6-9-19)13-7-12-26-25(29)23-21-16-30-22-11-10-18(3)14-20(22)24(21)31-27-23/h4-6,8-11,14,17H,7,12-13,15-16H2,1-3H3,(H,26,29). The predicted molar refractivity (Wildman–Crippen MR) is 120 cm³/mol. The van der Waals surface area contributed by atoms with Gasteiger partial charge in [0.1, 0.15) is 12.4 Å². The maximum Gasteiger partial charge on any atom is 0.273 e. The van der Waals surface area contributed by atoms with Gasteiger partial charge in [0.15, 0.2) is 11.5 Å². The second kappa shape index (κ2) is 9.35. The summed E-state index contributed by atoms with van der Waals surface area (Å²) in [6.07, 6.45) is 0.856. The number of amides is 1. The Labute approximate surface area is 183 Å². The smallest absolute Gasteiger partial charge is 0.273 e. The number of aromatic nitrogens is 1. The molecule has 1 amide bonds. The fraction of sp³-hybridized carbons (Fsp3) is 0.360. The Hall–Kier alpha value is -3.12. The van der Waals surface area contributed by atoms with Crippen LogP contribution >= 0.6 is 0 Å². The van der Waals surface area contributed by atoms with Crippen LogP contribution < -0.4 is 10.1 Å². The van der Waals surface area contributed by atoms with E-state index in [4.69, 9.17) is 9.26 Å². The first kappa shape index (κ1) is 21.1. The number of carbonyl (C=O) groups excluding carboxylic acids is 1. The Balaban J connectivity index is 1.34. The van der Waals surface area contributed by atoms with Gasteiger partial charge in [-0.25, -0.2) is 0 Å². The molecule has 0 fully saturated rings. The Bertz CT molecular complexity index is 1040. The molecule has 31 heavy (non-hydrogen) atoms. The number of nitrogens with zero attached hydrogens (tertiary/aromatic N) is 2. The van der Waals surface area contributed by atoms with Crippen LogP contribution in [0, 0.1) is 6.92 Å². The van der Waals surface area contributed by atoms with E-state index in [9.17, 15) is 4.79 Å². The average molecular weight is 420 g/mol. The summed E-state index contributed by atoms with van der Waals surface area (Å²) in [5.41, 5.74) is 4.27. The zero-order chi connectivity index (χ0) is 21.8. The van der Waals surface area contributed by atoms with E-state index in [2.05, 4.69) is 53.5 Å². The van der Waals surface area contributed by atoms with Crippen LogP contribution in [0.2, 0.25) is 0 Å². The minimum Gasteiger partial charge on any atom is -0.488 e. The number of fused-ring (bicyclic) bond motifs is 3. The summed E-state index contributed by atoms with van der Waals surface area (Å²) in [7, 11) is 0. The topological polar surface area (TPSA) is 67.6 Å². The molecule has 0 atom stereocenters. The summed E-state index contributed by atoms with van der Waals surface area (Å²) in [6, 6.07) is 16.8. The molecule has 0 radical (unpaired) electrons. The zero-order valence-electron chi connectivity index (χ0n) is 18.4. The van der Waals surface area contributed by atoms with Gasteiger partial charge in [0.2, 0.25) is 0 Å². The number of hydrogen-bond donors (Lipinski definition) is 1. The first-order chi connectivity index (χ1) is 15.0. The molecule has 1 N–H and O–H groups in total. The van der Waals surface area contributed by atoms with Crippen LogP contribution in [0.25, 0.3) is 11.3 Å². The number of aryl methyl sites for hydroxylation is 1. The fourth-order valence-electron chi connectivity index (χ4n) is 3.84. The monoisotopic (exact) mass is 419 g/mol. The molecule has 1 aliphatic rings. The molecule has 0 spiro atoms. The van der Waals surface area contributed by atoms with E-state index in [1.54, 1.807) is 0 Å². The molecular weight excluding hydrogens is 390 g/mol. The largest absolute Gasteiger partial charge is 0.488 e. The Morgan fingerprint density at radius 2 is 2.00 bits per heavy atom. The number of carbonyl (C=O) groups is 1. The molecular formula is C25H29N3O3. The predicted octanol–water partition coefficient (Wildman–Crippen LogP) is 4.57. The minimum absolute atomic E-state index is 0.219. The van der Waals surface area contributed by atoms with Crippen LogP contribution in [-0.4, -0.2) is 35.1 Å². The molecule has 2 aromatic carbocycles. The zero-order valence-corrected chi connectivity index (χ0v) is 18.4. The highest BCUT2D eigenvalue weighted by molar-refractivity contribution is 5.95. The van der Waals surface area contributed by atoms with E-state index in [0.717, 1.165) is 36.4 Å². The minimum atomic E-state index is -0.219. The van der Waals surface area contributed by atoms with Gasteiger partial charge in [-0.1, -0.05) is 47.1 Å². The van der Waals surface area contributed by atoms with Crippen molar-refractivity contribution in [3.05, 3.63) is 70.9 Å². The summed E-state index contributed by atoms with van der Waals surface area (Å²) in [4.78, 5) is 15.1. The molecule has 2 heterocycles. The summed E-state index contributed by atoms with van der Waals surface area (Å²) in [6.45, 7) is 9.08. The van der Waals surface area contributed by atoms with Crippen LogP contribution in [0.1, 0.15) is 47.4 Å². The summed E-state index contributed by atoms with van der Waals surface area (Å²) >= 11 is 0. The van der Waals surface area contributed by atoms with Crippen molar-refractivity contribution in [3.8, 4) is 17.1 Å². The molecule has 0 unspecified atom stereocenters. The fourth-order valence-corrected chi connectivity index (χ4v) is 3.84. The Morgan fingerprint density at radius 1 is 1.19 bits per heavy atom. The maximum absolute atomic E-state index is 12.7. The molecule has 4 rings (SSSR count). The van der Waals surface area contributed by atoms with Crippen LogP contribution in [0.4, 0.5) is 0 Å². The third-order valence-corrected chi connectivity index (χ3v) is 5.62. The van der Waals surface area contributed by atoms with Gasteiger partial charge >= 0.3 is 0 Å². The highest BCUT2D eigenvalue weighted by Crippen LogP contribution is 2.39. The second-order valence-electron chi connectivity index (χ2n) is 8.29. The number of benzene rings is 2. The lowest BCUT2D eigenvalue weighted by Crippen LogP contribution is -2.34. The van der Waals surface area contributed by atoms with Crippen LogP contribution in [0.15, 0.2) is 53.1 Å². The SMILES string of the molecule is Cc1ccc2c(c1)-c1onc(C(=O)NCCCN(Cc3ccccc3)C(C)C)c1CO2. The maximum atomic E-state index is 12.7. The van der Waals surface area contributed by atoms with Gasteiger partial charge in [-0.2, -0.15) is 0 Å². The quantitative estimate of drug-likeness (QED) is 0.542. The molecule has 1 aliphatic heterocycles. The molecule has 0 aliphatic carbocycles. The van der Waals surface area contributed by atoms with Crippen molar-refractivity contribution < 1.29 is 14.1 Å². The number of hydrogen-bond acceptors (Lipinski definition) is 5. The average Bonchev–Trinajstić information content (AvgIpc) is 3.21. The first-order valence-electron chi connectivity index (χ1n) is 10.8. The van der Waals surface area contributed by atoms with Crippen molar-refractivity contribution >= 4 is 5.91 Å². The summed E-state index contributed by atoms with van der Waals surface area (Å²) < 4.78 is 11.3. The van der Waals surface area contributed by atoms with Gasteiger partial charge in [-0.05, 0) is 44.9 Å². The van der Waals surface area contributed by atoms with Crippen molar-refractivity contribution in [3.63, 3.8) is 0 Å². The normalized spacial score (nSPS) is 12.4. The second-order valence-corrected chi connectivity index (χ2v) is 8.29. The number of ether oxygens (including phenoxy) is 1. The summed E-state index contributed by atoms with van der Waals surface area (Å²) in [5, 5.41) is 7.03. The first-order valence-corrected chi connectivity index (χ1v) is 10.8. The molecule has 6 heteroatoms. The van der Waals surface area contributed by atoms with Gasteiger partial charge in [-0.3, -0.25) is 9.69 Å². The van der Waals surface area contributed by atoms with E-state index < -0.39 is 0 Å². The van der Waals surface area contributed by atoms with E-state index >= 15 is 0 Å². The van der Waals surface area contributed by atoms with Gasteiger partial charge < -0.3 is 14.6 Å². The molecule has 0 saturated carbocycles. The third-order valence-electron chi connectivity index (χ3n) is 5.62. The van der Waals surface area contributed by atoms with Crippen molar-refractivity contribution in [2.45, 2.75) is 46.4 Å². The molecule has 6 nitrogen and oxygen atoms in total. The van der Waals surface area contributed by atoms with Gasteiger partial charge in [0.05, 0.1) is 11.1 Å². The molecule has 1 aromatic heterocycles. The lowest BCUT2D eigenvalue weighted by atomic mass is 10.0. The Kier molecular flexibility index (Phi) is 6.37. The van der Waals surface area contributed by atoms with Crippen molar-refractivity contribution in [1.82, 2.24) is 15.4 Å². The van der Waals surface area contributed by atoms with E-state index in [-0.39, 0.29) is 12.5 Å². The summed E-state index contributed by atoms with van der Waals surface area (Å²) in [5.74, 6) is 1.17. The molecule has 0 saturated heterocycles. The lowest BCUT2D eigenvalue weighted by Gasteiger charge is -2.26. The van der Waals surface area contributed by atoms with Crippen molar-refractivity contribution in [2.24, 2.45) is 0 Å². The lowest BCUT2D eigenvalue weighted by molar-refractivity contribution is 0.0939. The van der Waals surface area contributed by atoms with Gasteiger partial charge in [-0.15, -0.1) is 0 Å². The van der Waals surface area contributed by atoms with Gasteiger partial charge in [0.25, 0.3) is 5.91 Å².